The summed E-state index contributed by atoms with van der Waals surface area (Å²) >= 11 is 0. The zero-order chi connectivity index (χ0) is 13.5. The van der Waals surface area contributed by atoms with E-state index >= 15 is 0 Å². The van der Waals surface area contributed by atoms with E-state index in [1.54, 1.807) is 29.2 Å². The Kier molecular flexibility index (Phi) is 5.17. The van der Waals surface area contributed by atoms with Gasteiger partial charge in [0, 0.05) is 24.3 Å². The molecule has 1 aromatic rings. The minimum Gasteiger partial charge on any atom is -0.376 e. The second-order valence-electron chi connectivity index (χ2n) is 3.86. The summed E-state index contributed by atoms with van der Waals surface area (Å²) < 4.78 is 0. The number of carbonyl (C=O) groups excluding carboxylic acids is 2. The van der Waals surface area contributed by atoms with Gasteiger partial charge in [0.05, 0.1) is 6.54 Å². The Hall–Kier alpha value is -2.04. The van der Waals surface area contributed by atoms with Gasteiger partial charge in [-0.15, -0.1) is 0 Å². The molecule has 0 saturated carbocycles. The number of primary amides is 1. The molecular weight excluding hydrogens is 230 g/mol. The first-order valence-electron chi connectivity index (χ1n) is 6.00. The Balaban J connectivity index is 2.53. The highest BCUT2D eigenvalue weighted by Crippen LogP contribution is 2.08. The van der Waals surface area contributed by atoms with Crippen LogP contribution in [0.2, 0.25) is 0 Å². The maximum Gasteiger partial charge on any atom is 0.248 e. The quantitative estimate of drug-likeness (QED) is 0.791. The van der Waals surface area contributed by atoms with Gasteiger partial charge in [-0.3, -0.25) is 9.59 Å². The second kappa shape index (κ2) is 6.64. The molecule has 0 aliphatic rings. The number of nitrogens with two attached hydrogens (primary N) is 1. The molecule has 1 rings (SSSR count). The van der Waals surface area contributed by atoms with Gasteiger partial charge in [-0.05, 0) is 38.1 Å². The van der Waals surface area contributed by atoms with E-state index in [-0.39, 0.29) is 12.5 Å². The molecule has 3 N–H and O–H groups in total. The number of benzene rings is 1. The third-order valence-corrected chi connectivity index (χ3v) is 2.73. The van der Waals surface area contributed by atoms with Crippen molar-refractivity contribution in [3.05, 3.63) is 29.8 Å². The van der Waals surface area contributed by atoms with Crippen LogP contribution < -0.4 is 11.1 Å². The summed E-state index contributed by atoms with van der Waals surface area (Å²) in [6.07, 6.45) is 0. The monoisotopic (exact) mass is 249 g/mol. The van der Waals surface area contributed by atoms with Crippen LogP contribution in [0, 0.1) is 0 Å². The van der Waals surface area contributed by atoms with E-state index in [1.807, 2.05) is 13.8 Å². The topological polar surface area (TPSA) is 75.4 Å². The van der Waals surface area contributed by atoms with Gasteiger partial charge in [-0.25, -0.2) is 0 Å². The number of rotatable bonds is 6. The lowest BCUT2D eigenvalue weighted by atomic mass is 10.2. The Morgan fingerprint density at radius 1 is 1.17 bits per heavy atom. The lowest BCUT2D eigenvalue weighted by molar-refractivity contribution is -0.128. The lowest BCUT2D eigenvalue weighted by Crippen LogP contribution is -2.35. The molecular formula is C13H19N3O2. The normalized spacial score (nSPS) is 9.89. The standard InChI is InChI=1S/C13H19N3O2/c1-3-16(4-2)12(17)9-15-11-7-5-10(6-8-11)13(14)18/h5-8,15H,3-4,9H2,1-2H3,(H2,14,18). The summed E-state index contributed by atoms with van der Waals surface area (Å²) in [7, 11) is 0. The summed E-state index contributed by atoms with van der Waals surface area (Å²) in [5, 5.41) is 3.02. The molecule has 5 heteroatoms. The number of likely N-dealkylation sites (N-methyl/N-ethyl adjacent to an activating group) is 1. The van der Waals surface area contributed by atoms with E-state index in [2.05, 4.69) is 5.32 Å². The predicted molar refractivity (Wildman–Crippen MR) is 71.4 cm³/mol. The highest BCUT2D eigenvalue weighted by molar-refractivity contribution is 5.93. The molecule has 0 unspecified atom stereocenters. The molecule has 0 radical (unpaired) electrons. The van der Waals surface area contributed by atoms with Crippen molar-refractivity contribution < 1.29 is 9.59 Å². The van der Waals surface area contributed by atoms with E-state index in [0.717, 1.165) is 5.69 Å². The summed E-state index contributed by atoms with van der Waals surface area (Å²) in [6.45, 7) is 5.55. The van der Waals surface area contributed by atoms with Crippen LogP contribution in [0.4, 0.5) is 5.69 Å². The van der Waals surface area contributed by atoms with Crippen molar-refractivity contribution >= 4 is 17.5 Å². The van der Waals surface area contributed by atoms with E-state index < -0.39 is 5.91 Å². The summed E-state index contributed by atoms with van der Waals surface area (Å²) in [6, 6.07) is 6.73. The Morgan fingerprint density at radius 2 is 1.72 bits per heavy atom. The highest BCUT2D eigenvalue weighted by Gasteiger charge is 2.08. The number of carbonyl (C=O) groups is 2. The number of anilines is 1. The van der Waals surface area contributed by atoms with Crippen LogP contribution in [0.1, 0.15) is 24.2 Å². The van der Waals surface area contributed by atoms with Gasteiger partial charge in [-0.2, -0.15) is 0 Å². The molecule has 98 valence electrons. The van der Waals surface area contributed by atoms with Crippen LogP contribution in [-0.4, -0.2) is 36.3 Å². The van der Waals surface area contributed by atoms with Gasteiger partial charge in [0.1, 0.15) is 0 Å². The van der Waals surface area contributed by atoms with Crippen molar-refractivity contribution in [2.75, 3.05) is 25.0 Å². The Bertz CT molecular complexity index is 411. The van der Waals surface area contributed by atoms with Crippen molar-refractivity contribution in [3.63, 3.8) is 0 Å². The zero-order valence-corrected chi connectivity index (χ0v) is 10.8. The number of hydrogen-bond donors (Lipinski definition) is 2. The van der Waals surface area contributed by atoms with Crippen molar-refractivity contribution in [2.45, 2.75) is 13.8 Å². The minimum atomic E-state index is -0.458. The minimum absolute atomic E-state index is 0.0546. The zero-order valence-electron chi connectivity index (χ0n) is 10.8. The Morgan fingerprint density at radius 3 is 2.17 bits per heavy atom. The van der Waals surface area contributed by atoms with Crippen LogP contribution in [0.25, 0.3) is 0 Å². The number of hydrogen-bond acceptors (Lipinski definition) is 3. The summed E-state index contributed by atoms with van der Waals surface area (Å²) in [4.78, 5) is 24.4. The third kappa shape index (κ3) is 3.76. The number of amides is 2. The molecule has 0 spiro atoms. The molecule has 1 aromatic carbocycles. The molecule has 5 nitrogen and oxygen atoms in total. The Labute approximate surface area is 107 Å². The molecule has 0 saturated heterocycles. The first-order chi connectivity index (χ1) is 8.58. The van der Waals surface area contributed by atoms with Crippen LogP contribution in [0.3, 0.4) is 0 Å². The third-order valence-electron chi connectivity index (χ3n) is 2.73. The van der Waals surface area contributed by atoms with Crippen LogP contribution in [0.15, 0.2) is 24.3 Å². The van der Waals surface area contributed by atoms with Gasteiger partial charge >= 0.3 is 0 Å². The molecule has 0 heterocycles. The first kappa shape index (κ1) is 14.0. The molecule has 0 bridgehead atoms. The largest absolute Gasteiger partial charge is 0.376 e. The molecule has 0 aromatic heterocycles. The molecule has 2 amide bonds. The molecule has 0 aliphatic carbocycles. The average molecular weight is 249 g/mol. The van der Waals surface area contributed by atoms with E-state index in [4.69, 9.17) is 5.73 Å². The van der Waals surface area contributed by atoms with Crippen molar-refractivity contribution in [3.8, 4) is 0 Å². The van der Waals surface area contributed by atoms with Crippen LogP contribution >= 0.6 is 0 Å². The SMILES string of the molecule is CCN(CC)C(=O)CNc1ccc(C(N)=O)cc1. The maximum atomic E-state index is 11.7. The number of nitrogens with zero attached hydrogens (tertiary/aromatic N) is 1. The van der Waals surface area contributed by atoms with Crippen molar-refractivity contribution in [2.24, 2.45) is 5.73 Å². The van der Waals surface area contributed by atoms with Gasteiger partial charge in [0.15, 0.2) is 0 Å². The van der Waals surface area contributed by atoms with E-state index in [1.165, 1.54) is 0 Å². The summed E-state index contributed by atoms with van der Waals surface area (Å²) in [5.74, 6) is -0.403. The van der Waals surface area contributed by atoms with Crippen LogP contribution in [-0.2, 0) is 4.79 Å². The fraction of sp³-hybridized carbons (Fsp3) is 0.385. The average Bonchev–Trinajstić information content (AvgIpc) is 2.38. The van der Waals surface area contributed by atoms with Gasteiger partial charge < -0.3 is 16.0 Å². The van der Waals surface area contributed by atoms with Gasteiger partial charge in [-0.1, -0.05) is 0 Å². The van der Waals surface area contributed by atoms with Crippen molar-refractivity contribution in [1.82, 2.24) is 4.90 Å². The molecule has 0 atom stereocenters. The first-order valence-corrected chi connectivity index (χ1v) is 6.00. The summed E-state index contributed by atoms with van der Waals surface area (Å²) in [5.41, 5.74) is 6.39. The highest BCUT2D eigenvalue weighted by atomic mass is 16.2. The molecule has 18 heavy (non-hydrogen) atoms. The van der Waals surface area contributed by atoms with E-state index in [9.17, 15) is 9.59 Å². The number of nitrogens with one attached hydrogen (secondary N) is 1. The van der Waals surface area contributed by atoms with Crippen LogP contribution in [0.5, 0.6) is 0 Å². The predicted octanol–water partition coefficient (Wildman–Crippen LogP) is 1.07. The fourth-order valence-corrected chi connectivity index (χ4v) is 1.62. The molecule has 0 fully saturated rings. The van der Waals surface area contributed by atoms with Gasteiger partial charge in [0.25, 0.3) is 0 Å². The fourth-order valence-electron chi connectivity index (χ4n) is 1.62. The second-order valence-corrected chi connectivity index (χ2v) is 3.86. The van der Waals surface area contributed by atoms with Gasteiger partial charge in [0.2, 0.25) is 11.8 Å². The molecule has 0 aliphatic heterocycles. The maximum absolute atomic E-state index is 11.7. The lowest BCUT2D eigenvalue weighted by Gasteiger charge is -2.19. The van der Waals surface area contributed by atoms with Crippen molar-refractivity contribution in [1.29, 1.82) is 0 Å². The smallest absolute Gasteiger partial charge is 0.248 e. The van der Waals surface area contributed by atoms with E-state index in [0.29, 0.717) is 18.7 Å².